The number of aliphatic hydroxyl groups excluding tert-OH is 1. The van der Waals surface area contributed by atoms with Crippen molar-refractivity contribution < 1.29 is 9.90 Å². The number of carbonyl (C=O) groups is 1. The maximum Gasteiger partial charge on any atom is 0.182 e. The average molecular weight is 443 g/mol. The smallest absolute Gasteiger partial charge is 0.182 e. The fourth-order valence-corrected chi connectivity index (χ4v) is 6.47. The van der Waals surface area contributed by atoms with Crippen LogP contribution in [0.15, 0.2) is 34.9 Å². The highest BCUT2D eigenvalue weighted by molar-refractivity contribution is 6.06. The van der Waals surface area contributed by atoms with Crippen LogP contribution in [0.5, 0.6) is 0 Å². The van der Waals surface area contributed by atoms with Crippen LogP contribution < -0.4 is 0 Å². The van der Waals surface area contributed by atoms with Crippen molar-refractivity contribution in [3.8, 4) is 0 Å². The highest BCUT2D eigenvalue weighted by Gasteiger charge is 2.46. The minimum absolute atomic E-state index is 0.238. The normalized spacial score (nSPS) is 33.2. The Labute approximate surface area is 198 Å². The molecule has 4 aliphatic rings. The van der Waals surface area contributed by atoms with Gasteiger partial charge >= 0.3 is 0 Å². The van der Waals surface area contributed by atoms with E-state index in [0.29, 0.717) is 41.4 Å². The lowest BCUT2D eigenvalue weighted by Gasteiger charge is -2.43. The molecule has 32 heavy (non-hydrogen) atoms. The summed E-state index contributed by atoms with van der Waals surface area (Å²) in [6.07, 6.45) is 14.0. The third-order valence-corrected chi connectivity index (χ3v) is 8.49. The summed E-state index contributed by atoms with van der Waals surface area (Å²) in [6, 6.07) is 0. The molecule has 2 saturated carbocycles. The molecule has 2 heteroatoms. The topological polar surface area (TPSA) is 37.3 Å². The van der Waals surface area contributed by atoms with E-state index in [9.17, 15) is 9.90 Å². The number of aliphatic hydroxyl groups is 1. The Bertz CT molecular complexity index is 710. The summed E-state index contributed by atoms with van der Waals surface area (Å²) in [4.78, 5) is 13.1. The molecule has 0 saturated heterocycles. The molecule has 0 aliphatic heterocycles. The van der Waals surface area contributed by atoms with Crippen LogP contribution in [-0.2, 0) is 4.79 Å². The number of hydrogen-bond donors (Lipinski definition) is 1. The first-order valence-electron chi connectivity index (χ1n) is 13.7. The fraction of sp³-hybridized carbons (Fsp3) is 0.767. The van der Waals surface area contributed by atoms with Gasteiger partial charge in [-0.15, -0.1) is 0 Å². The SMILES string of the molecule is CC.CC.CC(/C=C/[C@@H](C)C(C)C)C1CCC2=C3C(=O)C=C4CC(O)CCC4C3CCC21. The number of rotatable bonds is 4. The highest BCUT2D eigenvalue weighted by Crippen LogP contribution is 2.55. The van der Waals surface area contributed by atoms with Gasteiger partial charge in [-0.3, -0.25) is 4.79 Å². The Kier molecular flexibility index (Phi) is 10.5. The molecule has 2 nitrogen and oxygen atoms in total. The van der Waals surface area contributed by atoms with E-state index in [-0.39, 0.29) is 11.9 Å². The van der Waals surface area contributed by atoms with Crippen molar-refractivity contribution in [3.63, 3.8) is 0 Å². The Morgan fingerprint density at radius 1 is 0.875 bits per heavy atom. The molecule has 0 spiro atoms. The van der Waals surface area contributed by atoms with Crippen molar-refractivity contribution in [2.75, 3.05) is 0 Å². The maximum atomic E-state index is 13.1. The van der Waals surface area contributed by atoms with E-state index >= 15 is 0 Å². The molecule has 0 aromatic heterocycles. The Balaban J connectivity index is 0.000000860. The van der Waals surface area contributed by atoms with Gasteiger partial charge in [0.15, 0.2) is 5.78 Å². The van der Waals surface area contributed by atoms with E-state index in [4.69, 9.17) is 0 Å². The van der Waals surface area contributed by atoms with E-state index in [1.54, 1.807) is 0 Å². The molecule has 7 atom stereocenters. The zero-order chi connectivity index (χ0) is 24.0. The summed E-state index contributed by atoms with van der Waals surface area (Å²) in [5, 5.41) is 10.0. The van der Waals surface area contributed by atoms with Gasteiger partial charge in [0.1, 0.15) is 0 Å². The minimum atomic E-state index is -0.238. The molecule has 4 rings (SSSR count). The van der Waals surface area contributed by atoms with Crippen LogP contribution >= 0.6 is 0 Å². The molecule has 0 aromatic rings. The summed E-state index contributed by atoms with van der Waals surface area (Å²) < 4.78 is 0. The molecule has 0 radical (unpaired) electrons. The van der Waals surface area contributed by atoms with Gasteiger partial charge in [-0.1, -0.05) is 78.7 Å². The lowest BCUT2D eigenvalue weighted by molar-refractivity contribution is -0.112. The predicted octanol–water partition coefficient (Wildman–Crippen LogP) is 7.93. The van der Waals surface area contributed by atoms with E-state index in [1.165, 1.54) is 36.0 Å². The Hall–Kier alpha value is -1.15. The van der Waals surface area contributed by atoms with Crippen molar-refractivity contribution >= 4 is 5.78 Å². The van der Waals surface area contributed by atoms with Crippen LogP contribution in [0.2, 0.25) is 0 Å². The maximum absolute atomic E-state index is 13.1. The summed E-state index contributed by atoms with van der Waals surface area (Å²) in [7, 11) is 0. The second-order valence-electron chi connectivity index (χ2n) is 10.4. The molecule has 182 valence electrons. The van der Waals surface area contributed by atoms with Crippen LogP contribution in [0.4, 0.5) is 0 Å². The molecule has 1 N–H and O–H groups in total. The molecule has 0 bridgehead atoms. The zero-order valence-corrected chi connectivity index (χ0v) is 22.2. The van der Waals surface area contributed by atoms with Crippen LogP contribution in [0.25, 0.3) is 0 Å². The molecular formula is C30H50O2. The number of ketones is 1. The predicted molar refractivity (Wildman–Crippen MR) is 137 cm³/mol. The monoisotopic (exact) mass is 442 g/mol. The number of carbonyl (C=O) groups excluding carboxylic acids is 1. The van der Waals surface area contributed by atoms with Gasteiger partial charge in [0, 0.05) is 5.57 Å². The van der Waals surface area contributed by atoms with Crippen molar-refractivity contribution in [1.29, 1.82) is 0 Å². The molecule has 4 aliphatic carbocycles. The van der Waals surface area contributed by atoms with Crippen LogP contribution in [0.3, 0.4) is 0 Å². The van der Waals surface area contributed by atoms with Gasteiger partial charge in [-0.05, 0) is 92.4 Å². The second-order valence-corrected chi connectivity index (χ2v) is 10.4. The van der Waals surface area contributed by atoms with E-state index in [2.05, 4.69) is 39.8 Å². The summed E-state index contributed by atoms with van der Waals surface area (Å²) in [6.45, 7) is 17.3. The first-order valence-corrected chi connectivity index (χ1v) is 13.7. The molecule has 0 amide bonds. The first kappa shape index (κ1) is 27.1. The number of allylic oxidation sites excluding steroid dienone is 5. The number of hydrogen-bond acceptors (Lipinski definition) is 2. The van der Waals surface area contributed by atoms with Gasteiger partial charge in [-0.2, -0.15) is 0 Å². The average Bonchev–Trinajstić information content (AvgIpc) is 3.23. The zero-order valence-electron chi connectivity index (χ0n) is 22.2. The third kappa shape index (κ3) is 5.66. The van der Waals surface area contributed by atoms with Crippen molar-refractivity contribution in [3.05, 3.63) is 34.9 Å². The van der Waals surface area contributed by atoms with Gasteiger partial charge < -0.3 is 5.11 Å². The van der Waals surface area contributed by atoms with Crippen molar-refractivity contribution in [2.24, 2.45) is 41.4 Å². The Morgan fingerprint density at radius 3 is 2.16 bits per heavy atom. The summed E-state index contributed by atoms with van der Waals surface area (Å²) in [5.41, 5.74) is 3.96. The molecule has 0 aromatic carbocycles. The second kappa shape index (κ2) is 12.4. The van der Waals surface area contributed by atoms with Crippen LogP contribution in [0, 0.1) is 41.4 Å². The van der Waals surface area contributed by atoms with E-state index < -0.39 is 0 Å². The molecule has 2 fully saturated rings. The summed E-state index contributed by atoms with van der Waals surface area (Å²) in [5.74, 6) is 4.47. The van der Waals surface area contributed by atoms with Gasteiger partial charge in [-0.25, -0.2) is 0 Å². The lowest BCUT2D eigenvalue weighted by atomic mass is 9.61. The van der Waals surface area contributed by atoms with Gasteiger partial charge in [0.25, 0.3) is 0 Å². The van der Waals surface area contributed by atoms with Gasteiger partial charge in [0.2, 0.25) is 0 Å². The van der Waals surface area contributed by atoms with Gasteiger partial charge in [0.05, 0.1) is 6.10 Å². The third-order valence-electron chi connectivity index (χ3n) is 8.49. The van der Waals surface area contributed by atoms with Crippen LogP contribution in [0.1, 0.15) is 100 Å². The lowest BCUT2D eigenvalue weighted by Crippen LogP contribution is -2.37. The van der Waals surface area contributed by atoms with Crippen LogP contribution in [-0.4, -0.2) is 17.0 Å². The fourth-order valence-electron chi connectivity index (χ4n) is 6.47. The van der Waals surface area contributed by atoms with Crippen molar-refractivity contribution in [2.45, 2.75) is 106 Å². The molecular weight excluding hydrogens is 392 g/mol. The standard InChI is InChI=1S/C26H38O2.2C2H6/c1-15(2)16(3)5-6-17(4)20-9-11-24-22(20)10-12-23-21-8-7-19(27)13-18(21)14-25(28)26(23)24;2*1-2/h5-6,14-17,19-23,27H,7-13H2,1-4H3;2*1-2H3/b6-5+;;/t16-,17?,19?,20?,21?,22?,23?;;/m1../s1. The number of fused-ring (bicyclic) bond motifs is 4. The highest BCUT2D eigenvalue weighted by atomic mass is 16.3. The largest absolute Gasteiger partial charge is 0.393 e. The first-order chi connectivity index (χ1) is 15.4. The Morgan fingerprint density at radius 2 is 1.50 bits per heavy atom. The molecule has 0 heterocycles. The molecule has 6 unspecified atom stereocenters. The van der Waals surface area contributed by atoms with E-state index in [1.807, 2.05) is 33.8 Å². The minimum Gasteiger partial charge on any atom is -0.393 e. The van der Waals surface area contributed by atoms with Crippen molar-refractivity contribution in [1.82, 2.24) is 0 Å². The summed E-state index contributed by atoms with van der Waals surface area (Å²) >= 11 is 0. The quantitative estimate of drug-likeness (QED) is 0.449. The van der Waals surface area contributed by atoms with E-state index in [0.717, 1.165) is 25.7 Å².